The molecule has 8 nitrogen and oxygen atoms in total. The third-order valence-corrected chi connectivity index (χ3v) is 2.93. The molecule has 23 heavy (non-hydrogen) atoms. The highest BCUT2D eigenvalue weighted by Gasteiger charge is 2.37. The largest absolute Gasteiger partial charge is 0.497 e. The van der Waals surface area contributed by atoms with Crippen LogP contribution in [0.15, 0.2) is 24.3 Å². The molecule has 126 valence electrons. The Morgan fingerprint density at radius 1 is 1.00 bits per heavy atom. The van der Waals surface area contributed by atoms with Crippen LogP contribution in [0.1, 0.15) is 5.56 Å². The van der Waals surface area contributed by atoms with Gasteiger partial charge in [-0.1, -0.05) is 12.1 Å². The summed E-state index contributed by atoms with van der Waals surface area (Å²) >= 11 is 0. The number of rotatable bonds is 7. The molecule has 0 bridgehead atoms. The standard InChI is InChI=1S/C15H18O8/c1-20-10-6-4-9(5-7-10)8-11(16)23-13(15(19)22-3)12(17)14(18)21-2/h4-7,12-13,17H,8H2,1-3H3/t12-,13-/m1/s1. The molecule has 2 atom stereocenters. The average molecular weight is 326 g/mol. The number of aliphatic hydroxyl groups is 1. The van der Waals surface area contributed by atoms with Gasteiger partial charge in [0.2, 0.25) is 6.10 Å². The van der Waals surface area contributed by atoms with Crippen molar-refractivity contribution in [2.24, 2.45) is 0 Å². The Bertz CT molecular complexity index is 551. The van der Waals surface area contributed by atoms with Crippen LogP contribution in [0.4, 0.5) is 0 Å². The first-order valence-corrected chi connectivity index (χ1v) is 6.59. The summed E-state index contributed by atoms with van der Waals surface area (Å²) in [5, 5.41) is 9.69. The molecule has 8 heteroatoms. The van der Waals surface area contributed by atoms with Crippen LogP contribution >= 0.6 is 0 Å². The van der Waals surface area contributed by atoms with Crippen molar-refractivity contribution in [1.29, 1.82) is 0 Å². The van der Waals surface area contributed by atoms with E-state index in [-0.39, 0.29) is 6.42 Å². The molecular formula is C15H18O8. The van der Waals surface area contributed by atoms with Gasteiger partial charge in [0.25, 0.3) is 0 Å². The van der Waals surface area contributed by atoms with Crippen LogP contribution < -0.4 is 4.74 Å². The number of aliphatic hydroxyl groups excluding tert-OH is 1. The minimum atomic E-state index is -1.97. The van der Waals surface area contributed by atoms with E-state index < -0.39 is 30.1 Å². The summed E-state index contributed by atoms with van der Waals surface area (Å²) in [6.07, 6.45) is -3.92. The predicted molar refractivity (Wildman–Crippen MR) is 76.6 cm³/mol. The Morgan fingerprint density at radius 3 is 2.04 bits per heavy atom. The van der Waals surface area contributed by atoms with E-state index in [1.54, 1.807) is 24.3 Å². The van der Waals surface area contributed by atoms with Crippen molar-refractivity contribution in [1.82, 2.24) is 0 Å². The molecule has 0 amide bonds. The molecule has 0 aliphatic heterocycles. The van der Waals surface area contributed by atoms with Gasteiger partial charge in [-0.3, -0.25) is 4.79 Å². The van der Waals surface area contributed by atoms with E-state index in [9.17, 15) is 19.5 Å². The van der Waals surface area contributed by atoms with Crippen molar-refractivity contribution in [2.75, 3.05) is 21.3 Å². The van der Waals surface area contributed by atoms with E-state index in [1.165, 1.54) is 7.11 Å². The lowest BCUT2D eigenvalue weighted by Crippen LogP contribution is -2.44. The van der Waals surface area contributed by atoms with Crippen LogP contribution in [0.5, 0.6) is 5.75 Å². The Balaban J connectivity index is 2.75. The third kappa shape index (κ3) is 5.26. The maximum absolute atomic E-state index is 11.9. The summed E-state index contributed by atoms with van der Waals surface area (Å²) in [5.74, 6) is -2.37. The normalized spacial score (nSPS) is 12.7. The Hall–Kier alpha value is -2.61. The monoisotopic (exact) mass is 326 g/mol. The fourth-order valence-corrected chi connectivity index (χ4v) is 1.70. The lowest BCUT2D eigenvalue weighted by molar-refractivity contribution is -0.181. The number of hydrogen-bond donors (Lipinski definition) is 1. The summed E-state index contributed by atoms with van der Waals surface area (Å²) in [4.78, 5) is 34.7. The van der Waals surface area contributed by atoms with Crippen LogP contribution in [0.2, 0.25) is 0 Å². The van der Waals surface area contributed by atoms with E-state index in [0.717, 1.165) is 14.2 Å². The fraction of sp³-hybridized carbons (Fsp3) is 0.400. The Labute approximate surface area is 132 Å². The Morgan fingerprint density at radius 2 is 1.57 bits per heavy atom. The molecule has 0 aliphatic carbocycles. The molecule has 0 spiro atoms. The third-order valence-electron chi connectivity index (χ3n) is 2.93. The molecular weight excluding hydrogens is 308 g/mol. The lowest BCUT2D eigenvalue weighted by atomic mass is 10.1. The lowest BCUT2D eigenvalue weighted by Gasteiger charge is -2.19. The molecule has 0 fully saturated rings. The number of ether oxygens (including phenoxy) is 4. The first-order chi connectivity index (χ1) is 10.9. The molecule has 1 aromatic rings. The summed E-state index contributed by atoms with van der Waals surface area (Å²) in [6.45, 7) is 0. The molecule has 0 heterocycles. The van der Waals surface area contributed by atoms with Crippen molar-refractivity contribution in [3.8, 4) is 5.75 Å². The van der Waals surface area contributed by atoms with E-state index in [4.69, 9.17) is 9.47 Å². The van der Waals surface area contributed by atoms with E-state index in [1.807, 2.05) is 0 Å². The van der Waals surface area contributed by atoms with Gasteiger partial charge >= 0.3 is 17.9 Å². The molecule has 0 aromatic heterocycles. The van der Waals surface area contributed by atoms with Gasteiger partial charge in [-0.05, 0) is 17.7 Å². The molecule has 0 unspecified atom stereocenters. The zero-order valence-electron chi connectivity index (χ0n) is 13.0. The summed E-state index contributed by atoms with van der Waals surface area (Å²) in [7, 11) is 3.58. The van der Waals surface area contributed by atoms with Gasteiger partial charge in [-0.2, -0.15) is 0 Å². The van der Waals surface area contributed by atoms with Gasteiger partial charge < -0.3 is 24.1 Å². The highest BCUT2D eigenvalue weighted by atomic mass is 16.6. The number of methoxy groups -OCH3 is 3. The van der Waals surface area contributed by atoms with Crippen LogP contribution in [0.3, 0.4) is 0 Å². The quantitative estimate of drug-likeness (QED) is 0.545. The van der Waals surface area contributed by atoms with E-state index >= 15 is 0 Å². The van der Waals surface area contributed by atoms with E-state index in [0.29, 0.717) is 11.3 Å². The molecule has 1 rings (SSSR count). The average Bonchev–Trinajstić information content (AvgIpc) is 2.58. The van der Waals surface area contributed by atoms with Crippen molar-refractivity contribution >= 4 is 17.9 Å². The van der Waals surface area contributed by atoms with Gasteiger partial charge in [-0.15, -0.1) is 0 Å². The van der Waals surface area contributed by atoms with Crippen LogP contribution in [-0.4, -0.2) is 56.6 Å². The minimum Gasteiger partial charge on any atom is -0.497 e. The first-order valence-electron chi connectivity index (χ1n) is 6.59. The summed E-state index contributed by atoms with van der Waals surface area (Å²) < 4.78 is 18.6. The number of carbonyl (C=O) groups excluding carboxylic acids is 3. The second kappa shape index (κ2) is 8.74. The zero-order valence-corrected chi connectivity index (χ0v) is 13.0. The molecule has 0 aliphatic rings. The van der Waals surface area contributed by atoms with Crippen molar-refractivity contribution in [3.63, 3.8) is 0 Å². The number of esters is 3. The van der Waals surface area contributed by atoms with Gasteiger partial charge in [0.15, 0.2) is 6.10 Å². The first kappa shape index (κ1) is 18.4. The maximum Gasteiger partial charge on any atom is 0.350 e. The van der Waals surface area contributed by atoms with Crippen molar-refractivity contribution in [3.05, 3.63) is 29.8 Å². The summed E-state index contributed by atoms with van der Waals surface area (Å²) in [5.41, 5.74) is 0.604. The second-order valence-corrected chi connectivity index (χ2v) is 4.43. The van der Waals surface area contributed by atoms with E-state index in [2.05, 4.69) is 9.47 Å². The molecule has 0 saturated carbocycles. The SMILES string of the molecule is COC(=O)[C@H](O)[C@@H](OC(=O)Cc1ccc(OC)cc1)C(=O)OC. The van der Waals surface area contributed by atoms with Gasteiger partial charge in [0.05, 0.1) is 27.8 Å². The number of benzene rings is 1. The fourth-order valence-electron chi connectivity index (χ4n) is 1.70. The summed E-state index contributed by atoms with van der Waals surface area (Å²) in [6, 6.07) is 6.60. The molecule has 1 N–H and O–H groups in total. The van der Waals surface area contributed by atoms with Gasteiger partial charge in [0, 0.05) is 0 Å². The minimum absolute atomic E-state index is 0.161. The highest BCUT2D eigenvalue weighted by molar-refractivity contribution is 5.87. The van der Waals surface area contributed by atoms with Crippen LogP contribution in [0.25, 0.3) is 0 Å². The van der Waals surface area contributed by atoms with Crippen molar-refractivity contribution < 1.29 is 38.4 Å². The molecule has 0 saturated heterocycles. The van der Waals surface area contributed by atoms with Crippen LogP contribution in [0, 0.1) is 0 Å². The molecule has 1 aromatic carbocycles. The number of hydrogen-bond acceptors (Lipinski definition) is 8. The topological polar surface area (TPSA) is 108 Å². The number of carbonyl (C=O) groups is 3. The van der Waals surface area contributed by atoms with Gasteiger partial charge in [0.1, 0.15) is 5.75 Å². The predicted octanol–water partition coefficient (Wildman–Crippen LogP) is -0.144. The maximum atomic E-state index is 11.9. The van der Waals surface area contributed by atoms with Crippen LogP contribution in [-0.2, 0) is 35.0 Å². The smallest absolute Gasteiger partial charge is 0.350 e. The molecule has 0 radical (unpaired) electrons. The van der Waals surface area contributed by atoms with Crippen molar-refractivity contribution in [2.45, 2.75) is 18.6 Å². The Kier molecular flexibility index (Phi) is 7.01. The zero-order chi connectivity index (χ0) is 17.4. The highest BCUT2D eigenvalue weighted by Crippen LogP contribution is 2.13. The second-order valence-electron chi connectivity index (χ2n) is 4.43. The van der Waals surface area contributed by atoms with Gasteiger partial charge in [-0.25, -0.2) is 9.59 Å².